The smallest absolute Gasteiger partial charge is 0.228 e. The zero-order valence-corrected chi connectivity index (χ0v) is 18.9. The molecule has 0 radical (unpaired) electrons. The SMILES string of the molecule is CCCCC1CCC(C(=O)Nc2cc(C)nn2-c2nc(-c3ccc(F)cc3)cs2)CC1. The fraction of sp³-hybridized carbons (Fsp3) is 0.458. The minimum Gasteiger partial charge on any atom is -0.310 e. The van der Waals surface area contributed by atoms with E-state index in [2.05, 4.69) is 22.3 Å². The van der Waals surface area contributed by atoms with Gasteiger partial charge in [0.1, 0.15) is 11.6 Å². The van der Waals surface area contributed by atoms with Gasteiger partial charge in [-0.3, -0.25) is 4.79 Å². The van der Waals surface area contributed by atoms with Crippen molar-refractivity contribution in [1.29, 1.82) is 0 Å². The molecule has 0 spiro atoms. The predicted octanol–water partition coefficient (Wildman–Crippen LogP) is 6.38. The highest BCUT2D eigenvalue weighted by Crippen LogP contribution is 2.33. The lowest BCUT2D eigenvalue weighted by molar-refractivity contribution is -0.121. The average molecular weight is 441 g/mol. The van der Waals surface area contributed by atoms with Crippen molar-refractivity contribution in [2.75, 3.05) is 5.32 Å². The molecular weight excluding hydrogens is 411 g/mol. The van der Waals surface area contributed by atoms with Crippen molar-refractivity contribution in [3.63, 3.8) is 0 Å². The van der Waals surface area contributed by atoms with E-state index < -0.39 is 0 Å². The van der Waals surface area contributed by atoms with Gasteiger partial charge >= 0.3 is 0 Å². The Hall–Kier alpha value is -2.54. The molecule has 0 saturated heterocycles. The molecule has 1 amide bonds. The van der Waals surface area contributed by atoms with E-state index in [1.54, 1.807) is 16.8 Å². The summed E-state index contributed by atoms with van der Waals surface area (Å²) in [6.07, 6.45) is 8.01. The molecule has 1 aromatic carbocycles. The summed E-state index contributed by atoms with van der Waals surface area (Å²) in [4.78, 5) is 17.6. The highest BCUT2D eigenvalue weighted by Gasteiger charge is 2.27. The maximum absolute atomic E-state index is 13.2. The van der Waals surface area contributed by atoms with Crippen molar-refractivity contribution >= 4 is 23.1 Å². The summed E-state index contributed by atoms with van der Waals surface area (Å²) < 4.78 is 14.9. The molecule has 1 saturated carbocycles. The molecule has 3 aromatic rings. The number of benzene rings is 1. The molecule has 0 bridgehead atoms. The molecule has 1 aliphatic carbocycles. The number of hydrogen-bond acceptors (Lipinski definition) is 4. The van der Waals surface area contributed by atoms with Crippen molar-refractivity contribution in [2.24, 2.45) is 11.8 Å². The van der Waals surface area contributed by atoms with Crippen LogP contribution in [-0.4, -0.2) is 20.7 Å². The van der Waals surface area contributed by atoms with Crippen LogP contribution in [0.3, 0.4) is 0 Å². The maximum atomic E-state index is 13.2. The van der Waals surface area contributed by atoms with Crippen LogP contribution in [0.5, 0.6) is 0 Å². The number of rotatable bonds is 7. The van der Waals surface area contributed by atoms with E-state index in [-0.39, 0.29) is 17.6 Å². The van der Waals surface area contributed by atoms with Crippen molar-refractivity contribution in [3.8, 4) is 16.4 Å². The lowest BCUT2D eigenvalue weighted by Gasteiger charge is -2.27. The van der Waals surface area contributed by atoms with Crippen LogP contribution in [-0.2, 0) is 4.79 Å². The van der Waals surface area contributed by atoms with Gasteiger partial charge in [0, 0.05) is 22.9 Å². The van der Waals surface area contributed by atoms with Crippen molar-refractivity contribution in [3.05, 3.63) is 47.2 Å². The van der Waals surface area contributed by atoms with Gasteiger partial charge in [0.05, 0.1) is 11.4 Å². The molecule has 0 unspecified atom stereocenters. The normalized spacial score (nSPS) is 18.8. The van der Waals surface area contributed by atoms with Gasteiger partial charge in [-0.25, -0.2) is 9.37 Å². The number of carbonyl (C=O) groups is 1. The van der Waals surface area contributed by atoms with Crippen LogP contribution >= 0.6 is 11.3 Å². The molecule has 0 atom stereocenters. The van der Waals surface area contributed by atoms with E-state index >= 15 is 0 Å². The summed E-state index contributed by atoms with van der Waals surface area (Å²) in [6.45, 7) is 4.13. The third-order valence-corrected chi connectivity index (χ3v) is 6.90. The van der Waals surface area contributed by atoms with Crippen LogP contribution in [0.1, 0.15) is 57.6 Å². The van der Waals surface area contributed by atoms with Gasteiger partial charge in [-0.15, -0.1) is 11.3 Å². The molecule has 5 nitrogen and oxygen atoms in total. The summed E-state index contributed by atoms with van der Waals surface area (Å²) in [5, 5.41) is 10.2. The summed E-state index contributed by atoms with van der Waals surface area (Å²) >= 11 is 1.44. The van der Waals surface area contributed by atoms with Gasteiger partial charge in [0.15, 0.2) is 0 Å². The Morgan fingerprint density at radius 1 is 1.23 bits per heavy atom. The van der Waals surface area contributed by atoms with Crippen LogP contribution in [0.2, 0.25) is 0 Å². The van der Waals surface area contributed by atoms with Crippen molar-refractivity contribution < 1.29 is 9.18 Å². The van der Waals surface area contributed by atoms with Gasteiger partial charge in [0.2, 0.25) is 11.0 Å². The largest absolute Gasteiger partial charge is 0.310 e. The number of thiazole rings is 1. The second-order valence-electron chi connectivity index (χ2n) is 8.45. The maximum Gasteiger partial charge on any atom is 0.228 e. The fourth-order valence-corrected chi connectivity index (χ4v) is 5.08. The predicted molar refractivity (Wildman–Crippen MR) is 123 cm³/mol. The number of carbonyl (C=O) groups excluding carboxylic acids is 1. The first-order valence-corrected chi connectivity index (χ1v) is 12.0. The van der Waals surface area contributed by atoms with Crippen molar-refractivity contribution in [2.45, 2.75) is 58.8 Å². The number of anilines is 1. The summed E-state index contributed by atoms with van der Waals surface area (Å²) in [6, 6.07) is 8.15. The monoisotopic (exact) mass is 440 g/mol. The Balaban J connectivity index is 1.45. The lowest BCUT2D eigenvalue weighted by atomic mass is 9.79. The molecule has 1 fully saturated rings. The second-order valence-corrected chi connectivity index (χ2v) is 9.29. The van der Waals surface area contributed by atoms with Crippen LogP contribution in [0.4, 0.5) is 10.2 Å². The van der Waals surface area contributed by atoms with Gasteiger partial charge in [-0.1, -0.05) is 26.2 Å². The Labute approximate surface area is 186 Å². The van der Waals surface area contributed by atoms with Gasteiger partial charge in [-0.05, 0) is 62.8 Å². The van der Waals surface area contributed by atoms with Gasteiger partial charge < -0.3 is 5.32 Å². The number of halogens is 1. The zero-order valence-electron chi connectivity index (χ0n) is 18.1. The molecular formula is C24H29FN4OS. The molecule has 7 heteroatoms. The molecule has 2 heterocycles. The first-order valence-electron chi connectivity index (χ1n) is 11.1. The van der Waals surface area contributed by atoms with E-state index in [1.807, 2.05) is 18.4 Å². The molecule has 1 N–H and O–H groups in total. The third kappa shape index (κ3) is 5.21. The van der Waals surface area contributed by atoms with Gasteiger partial charge in [0.25, 0.3) is 0 Å². The quantitative estimate of drug-likeness (QED) is 0.464. The van der Waals surface area contributed by atoms with Crippen molar-refractivity contribution in [1.82, 2.24) is 14.8 Å². The lowest BCUT2D eigenvalue weighted by Crippen LogP contribution is -2.28. The molecule has 4 rings (SSSR count). The Bertz CT molecular complexity index is 1020. The third-order valence-electron chi connectivity index (χ3n) is 6.08. The van der Waals surface area contributed by atoms with Crippen LogP contribution in [0.15, 0.2) is 35.7 Å². The topological polar surface area (TPSA) is 59.8 Å². The number of nitrogens with zero attached hydrogens (tertiary/aromatic N) is 3. The van der Waals surface area contributed by atoms with Crippen LogP contribution in [0, 0.1) is 24.6 Å². The first-order chi connectivity index (χ1) is 15.0. The number of aromatic nitrogens is 3. The van der Waals surface area contributed by atoms with E-state index in [0.717, 1.165) is 48.6 Å². The minimum absolute atomic E-state index is 0.0626. The number of nitrogens with one attached hydrogen (secondary N) is 1. The Morgan fingerprint density at radius 3 is 2.68 bits per heavy atom. The Kier molecular flexibility index (Phi) is 6.80. The zero-order chi connectivity index (χ0) is 21.8. The molecule has 1 aliphatic rings. The number of aryl methyl sites for hydroxylation is 1. The highest BCUT2D eigenvalue weighted by atomic mass is 32.1. The number of unbranched alkanes of at least 4 members (excludes halogenated alkanes) is 1. The summed E-state index contributed by atoms with van der Waals surface area (Å²) in [5.41, 5.74) is 2.42. The van der Waals surface area contributed by atoms with Gasteiger partial charge in [-0.2, -0.15) is 9.78 Å². The molecule has 0 aliphatic heterocycles. The molecule has 164 valence electrons. The van der Waals surface area contributed by atoms with E-state index in [4.69, 9.17) is 0 Å². The Morgan fingerprint density at radius 2 is 1.97 bits per heavy atom. The van der Waals surface area contributed by atoms with E-state index in [9.17, 15) is 9.18 Å². The van der Waals surface area contributed by atoms with Crippen LogP contribution < -0.4 is 5.32 Å². The van der Waals surface area contributed by atoms with E-state index in [0.29, 0.717) is 10.9 Å². The standard InChI is InChI=1S/C24H29FN4OS/c1-3-4-5-17-6-8-19(9-7-17)23(30)27-22-14-16(2)28-29(22)24-26-21(15-31-24)18-10-12-20(25)13-11-18/h10-15,17,19H,3-9H2,1-2H3,(H,27,30). The highest BCUT2D eigenvalue weighted by molar-refractivity contribution is 7.12. The molecule has 31 heavy (non-hydrogen) atoms. The summed E-state index contributed by atoms with van der Waals surface area (Å²) in [7, 11) is 0. The summed E-state index contributed by atoms with van der Waals surface area (Å²) in [5.74, 6) is 1.29. The average Bonchev–Trinajstić information content (AvgIpc) is 3.40. The minimum atomic E-state index is -0.272. The number of hydrogen-bond donors (Lipinski definition) is 1. The number of amides is 1. The molecule has 2 aromatic heterocycles. The fourth-order valence-electron chi connectivity index (χ4n) is 4.28. The first kappa shape index (κ1) is 21.7. The van der Waals surface area contributed by atoms with Crippen LogP contribution in [0.25, 0.3) is 16.4 Å². The van der Waals surface area contributed by atoms with E-state index in [1.165, 1.54) is 42.7 Å². The second kappa shape index (κ2) is 9.73.